The molecule has 2 N–H and O–H groups in total. The molecule has 9 heteroatoms. The molecular weight excluding hydrogens is 411 g/mol. The maximum Gasteiger partial charge on any atom is 0.224 e. The third-order valence-electron chi connectivity index (χ3n) is 3.78. The molecule has 0 spiro atoms. The summed E-state index contributed by atoms with van der Waals surface area (Å²) >= 11 is 2.58. The Balaban J connectivity index is 1.51. The number of carbonyl (C=O) groups is 2. The number of ketones is 1. The molecule has 150 valence electrons. The molecule has 0 aliphatic rings. The van der Waals surface area contributed by atoms with Crippen LogP contribution in [0.1, 0.15) is 30.1 Å². The zero-order valence-corrected chi connectivity index (χ0v) is 17.3. The van der Waals surface area contributed by atoms with Crippen molar-refractivity contribution in [2.24, 2.45) is 0 Å². The second-order valence-corrected chi connectivity index (χ2v) is 8.30. The molecule has 1 heterocycles. The molecule has 0 aliphatic carbocycles. The van der Waals surface area contributed by atoms with E-state index >= 15 is 0 Å². The molecule has 3 aromatic rings. The molecule has 0 radical (unpaired) electrons. The van der Waals surface area contributed by atoms with Crippen molar-refractivity contribution in [3.8, 4) is 0 Å². The van der Waals surface area contributed by atoms with Crippen LogP contribution in [0, 0.1) is 5.82 Å². The summed E-state index contributed by atoms with van der Waals surface area (Å²) in [4.78, 5) is 24.0. The van der Waals surface area contributed by atoms with Gasteiger partial charge in [-0.05, 0) is 48.9 Å². The molecule has 1 amide bonds. The molecule has 0 bridgehead atoms. The average molecular weight is 431 g/mol. The molecule has 0 atom stereocenters. The summed E-state index contributed by atoms with van der Waals surface area (Å²) in [5.74, 6) is -0.205. The maximum absolute atomic E-state index is 13.2. The number of rotatable bonds is 9. The Bertz CT molecular complexity index is 992. The van der Waals surface area contributed by atoms with Crippen LogP contribution in [0.4, 0.5) is 20.9 Å². The van der Waals surface area contributed by atoms with E-state index in [9.17, 15) is 14.0 Å². The number of Topliss-reactive ketones (excluding diaryl/α,β-unsaturated/α-hetero) is 1. The Labute approximate surface area is 175 Å². The van der Waals surface area contributed by atoms with Gasteiger partial charge in [0.25, 0.3) is 0 Å². The van der Waals surface area contributed by atoms with Crippen molar-refractivity contribution >= 4 is 51.3 Å². The van der Waals surface area contributed by atoms with Gasteiger partial charge in [-0.3, -0.25) is 9.59 Å². The number of benzene rings is 2. The Morgan fingerprint density at radius 1 is 1.10 bits per heavy atom. The highest BCUT2D eigenvalue weighted by Gasteiger charge is 2.11. The van der Waals surface area contributed by atoms with Crippen LogP contribution >= 0.6 is 23.1 Å². The largest absolute Gasteiger partial charge is 0.330 e. The first kappa shape index (κ1) is 20.9. The maximum atomic E-state index is 13.2. The minimum absolute atomic E-state index is 0.0407. The van der Waals surface area contributed by atoms with Crippen molar-refractivity contribution in [1.82, 2.24) is 10.2 Å². The molecule has 0 saturated carbocycles. The van der Waals surface area contributed by atoms with Crippen LogP contribution in [0.25, 0.3) is 0 Å². The molecule has 0 unspecified atom stereocenters. The van der Waals surface area contributed by atoms with Crippen molar-refractivity contribution < 1.29 is 14.0 Å². The van der Waals surface area contributed by atoms with Crippen molar-refractivity contribution in [1.29, 1.82) is 0 Å². The van der Waals surface area contributed by atoms with Crippen LogP contribution in [0.5, 0.6) is 0 Å². The monoisotopic (exact) mass is 430 g/mol. The lowest BCUT2D eigenvalue weighted by molar-refractivity contribution is -0.116. The zero-order valence-electron chi connectivity index (χ0n) is 15.6. The van der Waals surface area contributed by atoms with Crippen molar-refractivity contribution in [3.05, 3.63) is 59.9 Å². The van der Waals surface area contributed by atoms with E-state index in [1.807, 2.05) is 6.92 Å². The van der Waals surface area contributed by atoms with Gasteiger partial charge >= 0.3 is 0 Å². The van der Waals surface area contributed by atoms with Crippen molar-refractivity contribution in [3.63, 3.8) is 0 Å². The van der Waals surface area contributed by atoms with Gasteiger partial charge in [0.15, 0.2) is 10.1 Å². The highest BCUT2D eigenvalue weighted by molar-refractivity contribution is 8.01. The fourth-order valence-corrected chi connectivity index (χ4v) is 4.08. The first-order valence-corrected chi connectivity index (χ1v) is 10.8. The summed E-state index contributed by atoms with van der Waals surface area (Å²) in [6.07, 6.45) is 1.25. The predicted molar refractivity (Wildman–Crippen MR) is 115 cm³/mol. The molecule has 3 rings (SSSR count). The summed E-state index contributed by atoms with van der Waals surface area (Å²) in [5, 5.41) is 14.4. The fourth-order valence-electron chi connectivity index (χ4n) is 2.41. The van der Waals surface area contributed by atoms with Gasteiger partial charge in [-0.2, -0.15) is 0 Å². The molecular formula is C20H19FN4O2S2. The smallest absolute Gasteiger partial charge is 0.224 e. The summed E-state index contributed by atoms with van der Waals surface area (Å²) in [6, 6.07) is 12.9. The number of hydrogen-bond donors (Lipinski definition) is 2. The number of carbonyl (C=O) groups excluding carboxylic acids is 2. The highest BCUT2D eigenvalue weighted by Crippen LogP contribution is 2.28. The Morgan fingerprint density at radius 3 is 2.62 bits per heavy atom. The topological polar surface area (TPSA) is 84.0 Å². The van der Waals surface area contributed by atoms with Gasteiger partial charge in [-0.1, -0.05) is 36.1 Å². The van der Waals surface area contributed by atoms with Crippen LogP contribution in [-0.4, -0.2) is 27.6 Å². The third kappa shape index (κ3) is 6.37. The van der Waals surface area contributed by atoms with Gasteiger partial charge in [0.05, 0.1) is 5.75 Å². The normalized spacial score (nSPS) is 10.6. The Morgan fingerprint density at radius 2 is 1.90 bits per heavy atom. The quantitative estimate of drug-likeness (QED) is 0.361. The van der Waals surface area contributed by atoms with E-state index in [0.717, 1.165) is 6.42 Å². The van der Waals surface area contributed by atoms with Crippen LogP contribution in [0.15, 0.2) is 52.9 Å². The average Bonchev–Trinajstić information content (AvgIpc) is 3.14. The Hall–Kier alpha value is -2.78. The zero-order chi connectivity index (χ0) is 20.6. The fraction of sp³-hybridized carbons (Fsp3) is 0.200. The summed E-state index contributed by atoms with van der Waals surface area (Å²) in [7, 11) is 0. The van der Waals surface area contributed by atoms with E-state index in [-0.39, 0.29) is 23.3 Å². The van der Waals surface area contributed by atoms with E-state index in [0.29, 0.717) is 32.8 Å². The first-order valence-electron chi connectivity index (χ1n) is 8.95. The van der Waals surface area contributed by atoms with Gasteiger partial charge in [0, 0.05) is 23.4 Å². The second-order valence-electron chi connectivity index (χ2n) is 6.10. The highest BCUT2D eigenvalue weighted by atomic mass is 32.2. The Kier molecular flexibility index (Phi) is 7.31. The SMILES string of the molecule is CCCC(=O)Nc1ccc(C(=O)CSc2nnc(Nc3cccc(F)c3)s2)cc1. The second kappa shape index (κ2) is 10.1. The number of halogens is 1. The number of amides is 1. The van der Waals surface area contributed by atoms with Crippen LogP contribution in [-0.2, 0) is 4.79 Å². The number of aromatic nitrogens is 2. The molecule has 2 aromatic carbocycles. The van der Waals surface area contributed by atoms with Crippen molar-refractivity contribution in [2.45, 2.75) is 24.1 Å². The minimum Gasteiger partial charge on any atom is -0.330 e. The standard InChI is InChI=1S/C20H19FN4O2S2/c1-2-4-18(27)22-15-9-7-13(8-10-15)17(26)12-28-20-25-24-19(29-20)23-16-6-3-5-14(21)11-16/h3,5-11H,2,4,12H2,1H3,(H,22,27)(H,23,24). The van der Waals surface area contributed by atoms with Crippen molar-refractivity contribution in [2.75, 3.05) is 16.4 Å². The molecule has 0 fully saturated rings. The summed E-state index contributed by atoms with van der Waals surface area (Å²) in [6.45, 7) is 1.94. The molecule has 6 nitrogen and oxygen atoms in total. The lowest BCUT2D eigenvalue weighted by atomic mass is 10.1. The molecule has 29 heavy (non-hydrogen) atoms. The lowest BCUT2D eigenvalue weighted by Crippen LogP contribution is -2.10. The molecule has 1 aromatic heterocycles. The first-order chi connectivity index (χ1) is 14.0. The number of nitrogens with one attached hydrogen (secondary N) is 2. The number of thioether (sulfide) groups is 1. The number of hydrogen-bond acceptors (Lipinski definition) is 7. The van der Waals surface area contributed by atoms with Gasteiger partial charge in [0.2, 0.25) is 11.0 Å². The van der Waals surface area contributed by atoms with Crippen LogP contribution in [0.3, 0.4) is 0 Å². The van der Waals surface area contributed by atoms with E-state index in [1.54, 1.807) is 36.4 Å². The summed E-state index contributed by atoms with van der Waals surface area (Å²) < 4.78 is 13.9. The van der Waals surface area contributed by atoms with Gasteiger partial charge in [-0.25, -0.2) is 4.39 Å². The van der Waals surface area contributed by atoms with Gasteiger partial charge in [-0.15, -0.1) is 10.2 Å². The lowest BCUT2D eigenvalue weighted by Gasteiger charge is -2.05. The summed E-state index contributed by atoms with van der Waals surface area (Å²) in [5.41, 5.74) is 1.82. The molecule has 0 saturated heterocycles. The predicted octanol–water partition coefficient (Wildman–Crippen LogP) is 5.13. The molecule has 0 aliphatic heterocycles. The van der Waals surface area contributed by atoms with E-state index < -0.39 is 0 Å². The van der Waals surface area contributed by atoms with Crippen LogP contribution in [0.2, 0.25) is 0 Å². The van der Waals surface area contributed by atoms with E-state index in [4.69, 9.17) is 0 Å². The van der Waals surface area contributed by atoms with Gasteiger partial charge in [0.1, 0.15) is 5.82 Å². The van der Waals surface area contributed by atoms with E-state index in [2.05, 4.69) is 20.8 Å². The number of anilines is 3. The minimum atomic E-state index is -0.337. The van der Waals surface area contributed by atoms with E-state index in [1.165, 1.54) is 35.2 Å². The number of nitrogens with zero attached hydrogens (tertiary/aromatic N) is 2. The van der Waals surface area contributed by atoms with Crippen LogP contribution < -0.4 is 10.6 Å². The van der Waals surface area contributed by atoms with Gasteiger partial charge < -0.3 is 10.6 Å². The third-order valence-corrected chi connectivity index (χ3v) is 5.75.